The molecule has 8 nitrogen and oxygen atoms in total. The standard InChI is InChI=1S/C27H29ClN6O2.ClH/c28-23-22-19(13-16-5-2-1-3-6-16)14-21(34(22)27(36)25(33-23)32-20-7-4-8-20)26(35)31-15-17-9-11-18(12-10-17)24(29)30;/h1-3,5-6,9-12,19-21H,4,7-8,13-15H2,(H3,29,30)(H,31,35)(H,32,33);1H. The lowest BCUT2D eigenvalue weighted by molar-refractivity contribution is -0.124. The van der Waals surface area contributed by atoms with Gasteiger partial charge in [0.1, 0.15) is 11.9 Å². The van der Waals surface area contributed by atoms with Crippen LogP contribution < -0.4 is 21.9 Å². The molecular weight excluding hydrogens is 511 g/mol. The number of carbonyl (C=O) groups is 1. The normalized spacial score (nSPS) is 18.3. The summed E-state index contributed by atoms with van der Waals surface area (Å²) >= 11 is 6.67. The number of amides is 1. The lowest BCUT2D eigenvalue weighted by Crippen LogP contribution is -2.38. The Morgan fingerprint density at radius 1 is 1.11 bits per heavy atom. The van der Waals surface area contributed by atoms with Gasteiger partial charge in [0, 0.05) is 24.1 Å². The van der Waals surface area contributed by atoms with Crippen LogP contribution in [-0.2, 0) is 17.8 Å². The first-order chi connectivity index (χ1) is 17.4. The molecule has 0 saturated heterocycles. The number of carbonyl (C=O) groups excluding carboxylic acids is 1. The molecule has 0 spiro atoms. The van der Waals surface area contributed by atoms with Crippen LogP contribution in [0.5, 0.6) is 0 Å². The Morgan fingerprint density at radius 2 is 1.81 bits per heavy atom. The van der Waals surface area contributed by atoms with Crippen molar-refractivity contribution < 1.29 is 4.79 Å². The highest BCUT2D eigenvalue weighted by atomic mass is 35.5. The van der Waals surface area contributed by atoms with Crippen molar-refractivity contribution in [3.63, 3.8) is 0 Å². The van der Waals surface area contributed by atoms with Crippen molar-refractivity contribution in [1.29, 1.82) is 5.41 Å². The molecule has 0 radical (unpaired) electrons. The summed E-state index contributed by atoms with van der Waals surface area (Å²) in [5, 5.41) is 14.0. The topological polar surface area (TPSA) is 126 Å². The number of fused-ring (bicyclic) bond motifs is 1. The molecule has 5 N–H and O–H groups in total. The summed E-state index contributed by atoms with van der Waals surface area (Å²) in [6.45, 7) is 0.299. The molecule has 2 unspecified atom stereocenters. The van der Waals surface area contributed by atoms with Crippen molar-refractivity contribution >= 4 is 41.6 Å². The number of amidine groups is 1. The quantitative estimate of drug-likeness (QED) is 0.252. The van der Waals surface area contributed by atoms with E-state index in [0.29, 0.717) is 30.6 Å². The second-order valence-corrected chi connectivity index (χ2v) is 9.91. The Hall–Kier alpha value is -3.36. The second kappa shape index (κ2) is 11.4. The molecule has 5 rings (SSSR count). The van der Waals surface area contributed by atoms with Gasteiger partial charge in [-0.2, -0.15) is 0 Å². The van der Waals surface area contributed by atoms with Crippen molar-refractivity contribution in [3.05, 3.63) is 92.5 Å². The third kappa shape index (κ3) is 5.65. The molecule has 194 valence electrons. The number of benzene rings is 2. The largest absolute Gasteiger partial charge is 0.384 e. The Bertz CT molecular complexity index is 1340. The molecule has 2 atom stereocenters. The average molecular weight is 541 g/mol. The summed E-state index contributed by atoms with van der Waals surface area (Å²) in [6, 6.07) is 16.7. The van der Waals surface area contributed by atoms with Crippen LogP contribution in [0.2, 0.25) is 5.15 Å². The third-order valence-electron chi connectivity index (χ3n) is 7.11. The number of nitrogens with one attached hydrogen (secondary N) is 3. The molecule has 1 fully saturated rings. The van der Waals surface area contributed by atoms with Gasteiger partial charge >= 0.3 is 0 Å². The van der Waals surface area contributed by atoms with Crippen molar-refractivity contribution in [2.45, 2.75) is 56.7 Å². The van der Waals surface area contributed by atoms with Crippen LogP contribution in [0.25, 0.3) is 0 Å². The highest BCUT2D eigenvalue weighted by Crippen LogP contribution is 2.40. The lowest BCUT2D eigenvalue weighted by Gasteiger charge is -2.27. The second-order valence-electron chi connectivity index (χ2n) is 9.55. The number of hydrogen-bond donors (Lipinski definition) is 4. The molecule has 2 heterocycles. The molecule has 1 aromatic heterocycles. The van der Waals surface area contributed by atoms with E-state index in [4.69, 9.17) is 22.7 Å². The van der Waals surface area contributed by atoms with Gasteiger partial charge in [-0.15, -0.1) is 12.4 Å². The molecule has 1 saturated carbocycles. The maximum atomic E-state index is 13.5. The Balaban J connectivity index is 0.00000320. The van der Waals surface area contributed by atoms with Crippen molar-refractivity contribution in [2.75, 3.05) is 5.32 Å². The predicted molar refractivity (Wildman–Crippen MR) is 148 cm³/mol. The average Bonchev–Trinajstić information content (AvgIpc) is 3.23. The molecule has 1 amide bonds. The summed E-state index contributed by atoms with van der Waals surface area (Å²) < 4.78 is 1.55. The van der Waals surface area contributed by atoms with Gasteiger partial charge in [0.05, 0.1) is 5.69 Å². The van der Waals surface area contributed by atoms with E-state index < -0.39 is 6.04 Å². The number of nitrogens with zero attached hydrogens (tertiary/aromatic N) is 2. The minimum atomic E-state index is -0.680. The molecular formula is C27H30Cl2N6O2. The molecule has 0 bridgehead atoms. The van der Waals surface area contributed by atoms with E-state index in [2.05, 4.69) is 15.6 Å². The number of nitrogen functional groups attached to an aromatic ring is 1. The van der Waals surface area contributed by atoms with Crippen LogP contribution in [0.15, 0.2) is 59.4 Å². The van der Waals surface area contributed by atoms with Crippen molar-refractivity contribution in [1.82, 2.24) is 14.9 Å². The minimum Gasteiger partial charge on any atom is -0.384 e. The highest BCUT2D eigenvalue weighted by molar-refractivity contribution is 6.30. The van der Waals surface area contributed by atoms with Crippen LogP contribution in [0.3, 0.4) is 0 Å². The maximum absolute atomic E-state index is 13.5. The number of rotatable bonds is 8. The van der Waals surface area contributed by atoms with E-state index in [0.717, 1.165) is 30.4 Å². The molecule has 2 aromatic carbocycles. The first-order valence-electron chi connectivity index (χ1n) is 12.2. The first-order valence-corrected chi connectivity index (χ1v) is 12.6. The number of aromatic nitrogens is 2. The summed E-state index contributed by atoms with van der Waals surface area (Å²) in [6.07, 6.45) is 4.23. The Labute approximate surface area is 226 Å². The van der Waals surface area contributed by atoms with Gasteiger partial charge in [-0.3, -0.25) is 19.6 Å². The zero-order valence-electron chi connectivity index (χ0n) is 20.2. The fourth-order valence-electron chi connectivity index (χ4n) is 4.94. The first kappa shape index (κ1) is 26.7. The van der Waals surface area contributed by atoms with E-state index in [1.165, 1.54) is 0 Å². The zero-order chi connectivity index (χ0) is 25.2. The Morgan fingerprint density at radius 3 is 2.43 bits per heavy atom. The monoisotopic (exact) mass is 540 g/mol. The summed E-state index contributed by atoms with van der Waals surface area (Å²) in [7, 11) is 0. The van der Waals surface area contributed by atoms with Gasteiger partial charge < -0.3 is 16.4 Å². The van der Waals surface area contributed by atoms with Gasteiger partial charge in [-0.25, -0.2) is 4.98 Å². The third-order valence-corrected chi connectivity index (χ3v) is 7.39. The van der Waals surface area contributed by atoms with Gasteiger partial charge in [-0.05, 0) is 43.2 Å². The van der Waals surface area contributed by atoms with E-state index in [9.17, 15) is 9.59 Å². The molecule has 1 aliphatic carbocycles. The fraction of sp³-hybridized carbons (Fsp3) is 0.333. The summed E-state index contributed by atoms with van der Waals surface area (Å²) in [5.41, 5.74) is 8.45. The van der Waals surface area contributed by atoms with Crippen molar-refractivity contribution in [2.24, 2.45) is 5.73 Å². The molecule has 1 aliphatic heterocycles. The highest BCUT2D eigenvalue weighted by Gasteiger charge is 2.39. The van der Waals surface area contributed by atoms with Crippen LogP contribution >= 0.6 is 24.0 Å². The molecule has 37 heavy (non-hydrogen) atoms. The zero-order valence-corrected chi connectivity index (χ0v) is 21.8. The maximum Gasteiger partial charge on any atom is 0.294 e. The van der Waals surface area contributed by atoms with E-state index in [1.54, 1.807) is 16.7 Å². The molecule has 2 aliphatic rings. The SMILES string of the molecule is Cl.N=C(N)c1ccc(CNC(=O)C2CC(Cc3ccccc3)c3c(Cl)nc(NC4CCC4)c(=O)n32)cc1. The van der Waals surface area contributed by atoms with E-state index in [1.807, 2.05) is 42.5 Å². The van der Waals surface area contributed by atoms with Crippen molar-refractivity contribution in [3.8, 4) is 0 Å². The molecule has 3 aromatic rings. The molecule has 10 heteroatoms. The Kier molecular flexibility index (Phi) is 8.19. The van der Waals surface area contributed by atoms with Gasteiger partial charge in [0.25, 0.3) is 5.56 Å². The summed E-state index contributed by atoms with van der Waals surface area (Å²) in [5.74, 6) is -0.134. The van der Waals surface area contributed by atoms with E-state index >= 15 is 0 Å². The predicted octanol–water partition coefficient (Wildman–Crippen LogP) is 4.15. The van der Waals surface area contributed by atoms with E-state index in [-0.39, 0.29) is 52.6 Å². The smallest absolute Gasteiger partial charge is 0.294 e. The number of nitrogens with two attached hydrogens (primary N) is 1. The number of halogens is 2. The van der Waals surface area contributed by atoms with Crippen LogP contribution in [0.1, 0.15) is 60.0 Å². The van der Waals surface area contributed by atoms with Gasteiger partial charge in [0.2, 0.25) is 5.91 Å². The summed E-state index contributed by atoms with van der Waals surface area (Å²) in [4.78, 5) is 31.4. The van der Waals surface area contributed by atoms with Gasteiger partial charge in [-0.1, -0.05) is 66.2 Å². The fourth-order valence-corrected chi connectivity index (χ4v) is 5.27. The number of hydrogen-bond acceptors (Lipinski definition) is 5. The lowest BCUT2D eigenvalue weighted by atomic mass is 9.93. The number of anilines is 1. The van der Waals surface area contributed by atoms with Crippen LogP contribution in [0.4, 0.5) is 5.82 Å². The van der Waals surface area contributed by atoms with Crippen LogP contribution in [-0.4, -0.2) is 27.3 Å². The minimum absolute atomic E-state index is 0. The van der Waals surface area contributed by atoms with Gasteiger partial charge in [0.15, 0.2) is 11.0 Å². The van der Waals surface area contributed by atoms with Crippen LogP contribution in [0, 0.1) is 5.41 Å².